The molecular formula is C22H23ClO4. The summed E-state index contributed by atoms with van der Waals surface area (Å²) in [7, 11) is 0. The molecule has 1 N–H and O–H groups in total. The first-order valence-electron chi connectivity index (χ1n) is 9.26. The molecule has 142 valence electrons. The van der Waals surface area contributed by atoms with Crippen molar-refractivity contribution >= 4 is 17.6 Å². The smallest absolute Gasteiger partial charge is 0.329 e. The van der Waals surface area contributed by atoms with Crippen molar-refractivity contribution in [3.63, 3.8) is 0 Å². The lowest BCUT2D eigenvalue weighted by Crippen LogP contribution is -2.31. The molecule has 5 heteroatoms. The maximum absolute atomic E-state index is 10.6. The highest BCUT2D eigenvalue weighted by Crippen LogP contribution is 2.45. The van der Waals surface area contributed by atoms with Gasteiger partial charge in [-0.25, -0.2) is 4.79 Å². The molecule has 2 aromatic carbocycles. The molecular weight excluding hydrogens is 364 g/mol. The van der Waals surface area contributed by atoms with Crippen LogP contribution in [0.2, 0.25) is 5.02 Å². The van der Waals surface area contributed by atoms with E-state index in [-0.39, 0.29) is 18.3 Å². The Morgan fingerprint density at radius 1 is 1.26 bits per heavy atom. The minimum Gasteiger partial charge on any atom is -0.487 e. The maximum Gasteiger partial charge on any atom is 0.329 e. The van der Waals surface area contributed by atoms with Crippen molar-refractivity contribution in [3.8, 4) is 16.9 Å². The Balaban J connectivity index is 1.49. The first-order valence-corrected chi connectivity index (χ1v) is 9.64. The number of halogens is 1. The minimum absolute atomic E-state index is 0.0533. The predicted molar refractivity (Wildman–Crippen MR) is 105 cm³/mol. The van der Waals surface area contributed by atoms with Gasteiger partial charge in [0.15, 0.2) is 0 Å². The van der Waals surface area contributed by atoms with E-state index in [1.165, 1.54) is 5.56 Å². The molecule has 1 aliphatic carbocycles. The number of benzene rings is 2. The van der Waals surface area contributed by atoms with Crippen molar-refractivity contribution in [1.82, 2.24) is 0 Å². The third-order valence-corrected chi connectivity index (χ3v) is 5.57. The molecule has 0 spiro atoms. The van der Waals surface area contributed by atoms with Gasteiger partial charge in [-0.15, -0.1) is 0 Å². The van der Waals surface area contributed by atoms with Gasteiger partial charge in [0.05, 0.1) is 6.10 Å². The van der Waals surface area contributed by atoms with E-state index in [4.69, 9.17) is 26.2 Å². The molecule has 0 radical (unpaired) electrons. The number of hydrogen-bond donors (Lipinski definition) is 1. The zero-order valence-corrected chi connectivity index (χ0v) is 16.3. The van der Waals surface area contributed by atoms with Gasteiger partial charge in [0.25, 0.3) is 0 Å². The number of carbonyl (C=O) groups is 1. The molecule has 27 heavy (non-hydrogen) atoms. The molecule has 0 atom stereocenters. The Hall–Kier alpha value is -2.04. The van der Waals surface area contributed by atoms with Crippen molar-refractivity contribution < 1.29 is 19.4 Å². The second kappa shape index (κ2) is 6.84. The van der Waals surface area contributed by atoms with Gasteiger partial charge in [-0.2, -0.15) is 0 Å². The van der Waals surface area contributed by atoms with Crippen LogP contribution in [-0.4, -0.2) is 29.4 Å². The summed E-state index contributed by atoms with van der Waals surface area (Å²) in [6.45, 7) is 3.97. The fourth-order valence-corrected chi connectivity index (χ4v) is 4.23. The number of hydrogen-bond acceptors (Lipinski definition) is 3. The van der Waals surface area contributed by atoms with Crippen molar-refractivity contribution in [3.05, 3.63) is 52.5 Å². The summed E-state index contributed by atoms with van der Waals surface area (Å²) in [5, 5.41) is 9.41. The quantitative estimate of drug-likeness (QED) is 0.779. The summed E-state index contributed by atoms with van der Waals surface area (Å²) >= 11 is 6.34. The lowest BCUT2D eigenvalue weighted by atomic mass is 9.77. The molecule has 0 unspecified atom stereocenters. The summed E-state index contributed by atoms with van der Waals surface area (Å²) in [6, 6.07) is 12.5. The van der Waals surface area contributed by atoms with Crippen molar-refractivity contribution in [2.24, 2.45) is 0 Å². The van der Waals surface area contributed by atoms with Crippen LogP contribution in [0.25, 0.3) is 11.1 Å². The number of fused-ring (bicyclic) bond motifs is 1. The minimum atomic E-state index is -0.915. The van der Waals surface area contributed by atoms with E-state index in [2.05, 4.69) is 38.1 Å². The lowest BCUT2D eigenvalue weighted by Gasteiger charge is -2.35. The van der Waals surface area contributed by atoms with Crippen molar-refractivity contribution in [1.29, 1.82) is 0 Å². The second-order valence-electron chi connectivity index (χ2n) is 8.10. The molecule has 0 aromatic heterocycles. The van der Waals surface area contributed by atoms with Gasteiger partial charge in [-0.1, -0.05) is 35.9 Å². The summed E-state index contributed by atoms with van der Waals surface area (Å²) < 4.78 is 11.5. The largest absolute Gasteiger partial charge is 0.487 e. The summed E-state index contributed by atoms with van der Waals surface area (Å²) in [5.74, 6) is 0.447. The van der Waals surface area contributed by atoms with Crippen LogP contribution in [0.3, 0.4) is 0 Å². The van der Waals surface area contributed by atoms with Gasteiger partial charge < -0.3 is 14.6 Å². The highest BCUT2D eigenvalue weighted by molar-refractivity contribution is 6.31. The van der Waals surface area contributed by atoms with Crippen molar-refractivity contribution in [2.75, 3.05) is 6.61 Å². The Kier molecular flexibility index (Phi) is 4.65. The van der Waals surface area contributed by atoms with Gasteiger partial charge in [0, 0.05) is 22.6 Å². The van der Waals surface area contributed by atoms with Crippen LogP contribution >= 0.6 is 11.6 Å². The fourth-order valence-electron chi connectivity index (χ4n) is 3.99. The SMILES string of the molecule is CC1(C)Cc2cc(Cl)cc(-c3ccc([C@H]4C[C@@H](OCC(=O)O)C4)cc3)c2O1. The highest BCUT2D eigenvalue weighted by Gasteiger charge is 2.33. The van der Waals surface area contributed by atoms with Crippen molar-refractivity contribution in [2.45, 2.75) is 50.7 Å². The molecule has 0 bridgehead atoms. The van der Waals surface area contributed by atoms with E-state index >= 15 is 0 Å². The molecule has 1 heterocycles. The number of carboxylic acid groups (broad SMARTS) is 1. The number of carboxylic acids is 1. The van der Waals surface area contributed by atoms with Gasteiger partial charge in [-0.05, 0) is 55.9 Å². The van der Waals surface area contributed by atoms with E-state index in [0.717, 1.165) is 46.7 Å². The standard InChI is InChI=1S/C22H23ClO4/c1-22(2)11-16-7-17(23)10-19(21(16)27-22)14-5-3-13(4-6-14)15-8-18(9-15)26-12-20(24)25/h3-7,10,15,18H,8-9,11-12H2,1-2H3,(H,24,25)/t15-,18+. The Bertz CT molecular complexity index is 867. The average Bonchev–Trinajstić information content (AvgIpc) is 2.86. The normalized spacial score (nSPS) is 22.6. The number of ether oxygens (including phenoxy) is 2. The maximum atomic E-state index is 10.6. The van der Waals surface area contributed by atoms with Crippen LogP contribution in [0.5, 0.6) is 5.75 Å². The molecule has 0 amide bonds. The molecule has 4 nitrogen and oxygen atoms in total. The van der Waals surface area contributed by atoms with E-state index in [1.807, 2.05) is 12.1 Å². The van der Waals surface area contributed by atoms with Crippen LogP contribution in [0.4, 0.5) is 0 Å². The van der Waals surface area contributed by atoms with Crippen LogP contribution in [-0.2, 0) is 16.0 Å². The fraction of sp³-hybridized carbons (Fsp3) is 0.409. The molecule has 1 saturated carbocycles. The van der Waals surface area contributed by atoms with Crippen LogP contribution in [0, 0.1) is 0 Å². The van der Waals surface area contributed by atoms with Crippen LogP contribution in [0.15, 0.2) is 36.4 Å². The Morgan fingerprint density at radius 2 is 1.96 bits per heavy atom. The molecule has 1 aliphatic heterocycles. The number of rotatable bonds is 5. The second-order valence-corrected chi connectivity index (χ2v) is 8.53. The van der Waals surface area contributed by atoms with Crippen LogP contribution < -0.4 is 4.74 Å². The monoisotopic (exact) mass is 386 g/mol. The van der Waals surface area contributed by atoms with E-state index < -0.39 is 5.97 Å². The first-order chi connectivity index (χ1) is 12.8. The molecule has 1 fully saturated rings. The summed E-state index contributed by atoms with van der Waals surface area (Å²) in [4.78, 5) is 10.6. The summed E-state index contributed by atoms with van der Waals surface area (Å²) in [6.07, 6.45) is 2.65. The molecule has 0 saturated heterocycles. The lowest BCUT2D eigenvalue weighted by molar-refractivity contribution is -0.146. The average molecular weight is 387 g/mol. The Morgan fingerprint density at radius 3 is 2.63 bits per heavy atom. The van der Waals surface area contributed by atoms with E-state index in [1.54, 1.807) is 0 Å². The molecule has 2 aliphatic rings. The molecule has 4 rings (SSSR count). The zero-order valence-electron chi connectivity index (χ0n) is 15.5. The Labute approximate surface area is 164 Å². The highest BCUT2D eigenvalue weighted by atomic mass is 35.5. The first kappa shape index (κ1) is 18.3. The topological polar surface area (TPSA) is 55.8 Å². The third-order valence-electron chi connectivity index (χ3n) is 5.36. The van der Waals surface area contributed by atoms with Gasteiger partial charge >= 0.3 is 5.97 Å². The predicted octanol–water partition coefficient (Wildman–Crippen LogP) is 5.07. The van der Waals surface area contributed by atoms with Gasteiger partial charge in [0.2, 0.25) is 0 Å². The van der Waals surface area contributed by atoms with Gasteiger partial charge in [0.1, 0.15) is 18.0 Å². The van der Waals surface area contributed by atoms with E-state index in [9.17, 15) is 4.79 Å². The van der Waals surface area contributed by atoms with E-state index in [0.29, 0.717) is 5.92 Å². The van der Waals surface area contributed by atoms with Crippen LogP contribution in [0.1, 0.15) is 43.7 Å². The zero-order chi connectivity index (χ0) is 19.2. The summed E-state index contributed by atoms with van der Waals surface area (Å²) in [5.41, 5.74) is 4.33. The third kappa shape index (κ3) is 3.83. The number of aliphatic carboxylic acids is 1. The van der Waals surface area contributed by atoms with Gasteiger partial charge in [-0.3, -0.25) is 0 Å². The molecule has 2 aromatic rings.